The normalized spacial score (nSPS) is 13.3. The summed E-state index contributed by atoms with van der Waals surface area (Å²) in [5.74, 6) is 0.955. The highest BCUT2D eigenvalue weighted by atomic mass is 15.0. The molecule has 0 bridgehead atoms. The molecule has 0 aliphatic carbocycles. The maximum absolute atomic E-state index is 6.69. The molecule has 2 aromatic heterocycles. The van der Waals surface area contributed by atoms with Gasteiger partial charge in [0.15, 0.2) is 5.84 Å². The first-order valence-electron chi connectivity index (χ1n) is 19.3. The number of nitrogens with two attached hydrogens (primary N) is 1. The summed E-state index contributed by atoms with van der Waals surface area (Å²) < 4.78 is 4.69. The largest absolute Gasteiger partial charge is 0.383 e. The van der Waals surface area contributed by atoms with Crippen molar-refractivity contribution < 1.29 is 0 Å². The zero-order chi connectivity index (χ0) is 38.6. The Morgan fingerprint density at radius 3 is 1.74 bits per heavy atom. The Labute approximate surface area is 332 Å². The van der Waals surface area contributed by atoms with Crippen LogP contribution in [-0.4, -0.2) is 20.8 Å². The van der Waals surface area contributed by atoms with Gasteiger partial charge in [-0.1, -0.05) is 146 Å². The van der Waals surface area contributed by atoms with Crippen LogP contribution >= 0.6 is 0 Å². The predicted molar refractivity (Wildman–Crippen MR) is 241 cm³/mol. The number of hydrogen-bond donors (Lipinski definition) is 1. The molecular formula is C52H41N5. The molecule has 5 heteroatoms. The minimum Gasteiger partial charge on any atom is -0.383 e. The van der Waals surface area contributed by atoms with Crippen LogP contribution in [0.2, 0.25) is 0 Å². The maximum Gasteiger partial charge on any atom is 0.150 e. The lowest BCUT2D eigenvalue weighted by Gasteiger charge is -2.09. The van der Waals surface area contributed by atoms with Crippen molar-refractivity contribution in [3.05, 3.63) is 221 Å². The van der Waals surface area contributed by atoms with E-state index >= 15 is 0 Å². The van der Waals surface area contributed by atoms with Gasteiger partial charge in [-0.3, -0.25) is 4.99 Å². The lowest BCUT2D eigenvalue weighted by molar-refractivity contribution is 1.06. The smallest absolute Gasteiger partial charge is 0.150 e. The van der Waals surface area contributed by atoms with E-state index in [9.17, 15) is 0 Å². The molecule has 0 spiro atoms. The van der Waals surface area contributed by atoms with Crippen molar-refractivity contribution in [2.75, 3.05) is 0 Å². The van der Waals surface area contributed by atoms with Gasteiger partial charge in [-0.25, -0.2) is 4.99 Å². The summed E-state index contributed by atoms with van der Waals surface area (Å²) in [5.41, 5.74) is 16.5. The first-order chi connectivity index (χ1) is 28.2. The minimum absolute atomic E-state index is 0.410. The summed E-state index contributed by atoms with van der Waals surface area (Å²) in [6.45, 7) is 2.57. The summed E-state index contributed by atoms with van der Waals surface area (Å²) in [5, 5.41) is 5.53. The molecule has 7 aromatic carbocycles. The maximum atomic E-state index is 6.69. The van der Waals surface area contributed by atoms with Gasteiger partial charge >= 0.3 is 0 Å². The highest BCUT2D eigenvalue weighted by molar-refractivity contribution is 6.17. The molecule has 0 aliphatic heterocycles. The summed E-state index contributed by atoms with van der Waals surface area (Å²) >= 11 is 0. The van der Waals surface area contributed by atoms with Gasteiger partial charge in [0.2, 0.25) is 0 Å². The number of rotatable bonds is 8. The average Bonchev–Trinajstić information content (AvgIpc) is 3.77. The fraction of sp³-hybridized carbons (Fsp3) is 0.0385. The molecule has 0 atom stereocenters. The fourth-order valence-corrected chi connectivity index (χ4v) is 7.72. The topological polar surface area (TPSA) is 60.6 Å². The van der Waals surface area contributed by atoms with E-state index in [1.807, 2.05) is 48.5 Å². The molecule has 0 saturated heterocycles. The van der Waals surface area contributed by atoms with E-state index in [0.717, 1.165) is 55.1 Å². The van der Waals surface area contributed by atoms with E-state index in [2.05, 4.69) is 174 Å². The van der Waals surface area contributed by atoms with E-state index in [4.69, 9.17) is 15.7 Å². The van der Waals surface area contributed by atoms with Crippen molar-refractivity contribution in [2.45, 2.75) is 13.5 Å². The number of fused-ring (bicyclic) bond motifs is 4. The second kappa shape index (κ2) is 15.7. The second-order valence-corrected chi connectivity index (χ2v) is 14.0. The monoisotopic (exact) mass is 735 g/mol. The van der Waals surface area contributed by atoms with Crippen LogP contribution in [0.3, 0.4) is 0 Å². The van der Waals surface area contributed by atoms with Crippen molar-refractivity contribution in [1.29, 1.82) is 0 Å². The Balaban J connectivity index is 1.29. The van der Waals surface area contributed by atoms with Crippen LogP contribution in [0, 0.1) is 0 Å². The number of aliphatic imine (C=N–C) groups is 2. The van der Waals surface area contributed by atoms with Crippen LogP contribution < -0.4 is 16.3 Å². The van der Waals surface area contributed by atoms with E-state index in [1.165, 1.54) is 21.8 Å². The summed E-state index contributed by atoms with van der Waals surface area (Å²) in [6, 6.07) is 65.3. The van der Waals surface area contributed by atoms with Gasteiger partial charge in [-0.05, 0) is 84.3 Å². The van der Waals surface area contributed by atoms with Gasteiger partial charge < -0.3 is 14.9 Å². The zero-order valence-corrected chi connectivity index (χ0v) is 31.7. The number of nitrogens with zero attached hydrogens (tertiary/aromatic N) is 4. The SMILES string of the molecule is C/C=C(\C=c1/c(=CC(=NCc2ccccc2)N=C(N)c2ccccc2)c2ccccc2n1-c1ccccc1)c1ccc2c(c1)c1ccccc1n2-c1ccccc1. The second-order valence-electron chi connectivity index (χ2n) is 14.0. The van der Waals surface area contributed by atoms with E-state index in [1.54, 1.807) is 0 Å². The van der Waals surface area contributed by atoms with E-state index < -0.39 is 0 Å². The molecule has 0 fully saturated rings. The Morgan fingerprint density at radius 1 is 0.526 bits per heavy atom. The number of para-hydroxylation sites is 4. The number of aromatic nitrogens is 2. The third kappa shape index (κ3) is 6.99. The van der Waals surface area contributed by atoms with Crippen LogP contribution in [-0.2, 0) is 6.54 Å². The summed E-state index contributed by atoms with van der Waals surface area (Å²) in [7, 11) is 0. The van der Waals surface area contributed by atoms with Gasteiger partial charge in [0, 0.05) is 38.3 Å². The molecule has 9 rings (SSSR count). The first kappa shape index (κ1) is 35.2. The van der Waals surface area contributed by atoms with Crippen LogP contribution in [0.15, 0.2) is 204 Å². The Hall–Kier alpha value is -7.50. The van der Waals surface area contributed by atoms with Gasteiger partial charge in [-0.15, -0.1) is 0 Å². The quantitative estimate of drug-likeness (QED) is 0.123. The fourth-order valence-electron chi connectivity index (χ4n) is 7.72. The third-order valence-corrected chi connectivity index (χ3v) is 10.4. The van der Waals surface area contributed by atoms with Gasteiger partial charge in [0.1, 0.15) is 5.84 Å². The molecule has 57 heavy (non-hydrogen) atoms. The Kier molecular flexibility index (Phi) is 9.70. The lowest BCUT2D eigenvalue weighted by atomic mass is 10.0. The Morgan fingerprint density at radius 2 is 1.07 bits per heavy atom. The number of allylic oxidation sites excluding steroid dienone is 2. The van der Waals surface area contributed by atoms with Gasteiger partial charge in [0.25, 0.3) is 0 Å². The highest BCUT2D eigenvalue weighted by Crippen LogP contribution is 2.34. The van der Waals surface area contributed by atoms with Crippen LogP contribution in [0.5, 0.6) is 0 Å². The highest BCUT2D eigenvalue weighted by Gasteiger charge is 2.15. The van der Waals surface area contributed by atoms with Crippen LogP contribution in [0.4, 0.5) is 0 Å². The number of benzene rings is 7. The predicted octanol–water partition coefficient (Wildman–Crippen LogP) is 10.4. The van der Waals surface area contributed by atoms with E-state index in [0.29, 0.717) is 18.2 Å². The molecule has 9 aromatic rings. The molecular weight excluding hydrogens is 695 g/mol. The third-order valence-electron chi connectivity index (χ3n) is 10.4. The molecule has 5 nitrogen and oxygen atoms in total. The lowest BCUT2D eigenvalue weighted by Crippen LogP contribution is -2.30. The molecule has 0 saturated carbocycles. The summed E-state index contributed by atoms with van der Waals surface area (Å²) in [4.78, 5) is 10.1. The summed E-state index contributed by atoms with van der Waals surface area (Å²) in [6.07, 6.45) is 6.59. The van der Waals surface area contributed by atoms with Crippen LogP contribution in [0.1, 0.15) is 23.6 Å². The molecule has 2 heterocycles. The van der Waals surface area contributed by atoms with Gasteiger partial charge in [0.05, 0.1) is 28.4 Å². The van der Waals surface area contributed by atoms with Crippen LogP contribution in [0.25, 0.3) is 61.8 Å². The molecule has 0 radical (unpaired) electrons. The van der Waals surface area contributed by atoms with E-state index in [-0.39, 0.29) is 0 Å². The van der Waals surface area contributed by atoms with Crippen molar-refractivity contribution >= 4 is 62.1 Å². The van der Waals surface area contributed by atoms with Crippen molar-refractivity contribution in [3.63, 3.8) is 0 Å². The number of hydrogen-bond acceptors (Lipinski definition) is 1. The Bertz CT molecular complexity index is 3080. The number of amidine groups is 2. The van der Waals surface area contributed by atoms with Gasteiger partial charge in [-0.2, -0.15) is 0 Å². The van der Waals surface area contributed by atoms with Crippen molar-refractivity contribution in [1.82, 2.24) is 9.13 Å². The minimum atomic E-state index is 0.410. The molecule has 0 amide bonds. The standard InChI is InChI=1S/C52H41N5/c1-2-38(40-31-32-49-45(33-40)43-27-15-17-29-47(43)56(49)41-23-11-5-12-24-41)34-50-46(44-28-16-18-30-48(44)57(50)42-25-13-6-14-26-42)35-51(54-36-37-19-7-3-8-20-37)55-52(53)39-21-9-4-10-22-39/h2-35H,36H2,1H3,(H2,53,54,55)/b38-2+,46-35?,50-34+. The molecule has 2 N–H and O–H groups in total. The average molecular weight is 736 g/mol. The molecule has 274 valence electrons. The zero-order valence-electron chi connectivity index (χ0n) is 31.7. The first-order valence-corrected chi connectivity index (χ1v) is 19.3. The molecule has 0 unspecified atom stereocenters. The molecule has 0 aliphatic rings. The van der Waals surface area contributed by atoms with Crippen molar-refractivity contribution in [3.8, 4) is 11.4 Å². The van der Waals surface area contributed by atoms with Crippen molar-refractivity contribution in [2.24, 2.45) is 15.7 Å².